The van der Waals surface area contributed by atoms with Gasteiger partial charge in [0.05, 0.1) is 26.5 Å². The molecule has 30 heavy (non-hydrogen) atoms. The van der Waals surface area contributed by atoms with Crippen molar-refractivity contribution in [2.75, 3.05) is 0 Å². The maximum absolute atomic E-state index is 13.6. The molecule has 0 bridgehead atoms. The minimum atomic E-state index is -4.60. The molecule has 2 N–H and O–H groups in total. The van der Waals surface area contributed by atoms with E-state index in [2.05, 4.69) is 26.8 Å². The first-order chi connectivity index (χ1) is 13.9. The summed E-state index contributed by atoms with van der Waals surface area (Å²) in [5.41, 5.74) is 4.76. The topological polar surface area (TPSA) is 58.2 Å². The van der Waals surface area contributed by atoms with Gasteiger partial charge in [0.15, 0.2) is 0 Å². The Bertz CT molecular complexity index is 990. The zero-order valence-corrected chi connectivity index (χ0v) is 18.9. The van der Waals surface area contributed by atoms with E-state index >= 15 is 0 Å². The predicted molar refractivity (Wildman–Crippen MR) is 115 cm³/mol. The van der Waals surface area contributed by atoms with Gasteiger partial charge in [0.2, 0.25) is 5.91 Å². The normalized spacial score (nSPS) is 12.7. The number of nitrogens with one attached hydrogen (secondary N) is 2. The molecule has 0 spiro atoms. The van der Waals surface area contributed by atoms with E-state index in [9.17, 15) is 22.8 Å². The summed E-state index contributed by atoms with van der Waals surface area (Å²) in [6.07, 6.45) is -2.39. The number of hydrogen-bond acceptors (Lipinski definition) is 2. The third kappa shape index (κ3) is 6.38. The van der Waals surface area contributed by atoms with Gasteiger partial charge in [-0.3, -0.25) is 20.4 Å². The van der Waals surface area contributed by atoms with E-state index in [1.807, 2.05) is 0 Å². The number of carbonyl (C=O) groups is 2. The molecule has 0 aliphatic carbocycles. The zero-order valence-electron chi connectivity index (χ0n) is 15.1. The van der Waals surface area contributed by atoms with Crippen LogP contribution in [0, 0.1) is 0 Å². The van der Waals surface area contributed by atoms with Crippen molar-refractivity contribution in [3.05, 3.63) is 72.6 Å². The highest BCUT2D eigenvalue weighted by atomic mass is 79.9. The van der Waals surface area contributed by atoms with Gasteiger partial charge in [0.25, 0.3) is 5.91 Å². The van der Waals surface area contributed by atoms with E-state index in [1.54, 1.807) is 0 Å². The molecule has 0 saturated carbocycles. The maximum atomic E-state index is 13.6. The number of rotatable bonds is 4. The second-order valence-electron chi connectivity index (χ2n) is 6.05. The van der Waals surface area contributed by atoms with Crippen LogP contribution in [0.2, 0.25) is 15.1 Å². The molecule has 0 aliphatic rings. The fourth-order valence-corrected chi connectivity index (χ4v) is 3.59. The van der Waals surface area contributed by atoms with Crippen LogP contribution in [0.5, 0.6) is 0 Å². The number of alkyl halides is 3. The van der Waals surface area contributed by atoms with Gasteiger partial charge in [-0.15, -0.1) is 0 Å². The van der Waals surface area contributed by atoms with Gasteiger partial charge in [0.1, 0.15) is 0 Å². The highest BCUT2D eigenvalue weighted by molar-refractivity contribution is 9.10. The number of benzene rings is 2. The molecule has 0 radical (unpaired) electrons. The third-order valence-corrected chi connectivity index (χ3v) is 5.64. The summed E-state index contributed by atoms with van der Waals surface area (Å²) in [7, 11) is 0. The molecule has 0 saturated heterocycles. The van der Waals surface area contributed by atoms with Crippen molar-refractivity contribution in [1.82, 2.24) is 10.9 Å². The van der Waals surface area contributed by atoms with Crippen LogP contribution in [0.15, 0.2) is 40.9 Å². The first kappa shape index (κ1) is 24.5. The van der Waals surface area contributed by atoms with Crippen molar-refractivity contribution in [1.29, 1.82) is 0 Å². The van der Waals surface area contributed by atoms with Gasteiger partial charge >= 0.3 is 6.18 Å². The van der Waals surface area contributed by atoms with Crippen LogP contribution >= 0.6 is 50.7 Å². The minimum Gasteiger partial charge on any atom is -0.274 e. The SMILES string of the molecule is CC(=O)NNC(=O)c1ccc(/C=C/C(c2cc(Cl)c(Cl)c(Cl)c2)C(F)(F)F)cc1Br. The molecule has 0 aromatic heterocycles. The summed E-state index contributed by atoms with van der Waals surface area (Å²) in [5.74, 6) is -3.03. The highest BCUT2D eigenvalue weighted by Gasteiger charge is 2.39. The number of halogens is 7. The number of allylic oxidation sites excluding steroid dienone is 1. The average molecular weight is 545 g/mol. The molecule has 2 rings (SSSR count). The van der Waals surface area contributed by atoms with E-state index in [0.29, 0.717) is 10.0 Å². The van der Waals surface area contributed by atoms with Crippen LogP contribution in [0.4, 0.5) is 13.2 Å². The van der Waals surface area contributed by atoms with Crippen LogP contribution in [0.25, 0.3) is 6.08 Å². The van der Waals surface area contributed by atoms with E-state index in [-0.39, 0.29) is 26.2 Å². The van der Waals surface area contributed by atoms with E-state index in [1.165, 1.54) is 31.2 Å². The Balaban J connectivity index is 2.31. The minimum absolute atomic E-state index is 0.0240. The number of hydrazine groups is 1. The summed E-state index contributed by atoms with van der Waals surface area (Å²) in [6.45, 7) is 1.22. The fourth-order valence-electron chi connectivity index (χ4n) is 2.40. The first-order valence-corrected chi connectivity index (χ1v) is 10.1. The Labute approximate surface area is 193 Å². The Hall–Kier alpha value is -1.74. The van der Waals surface area contributed by atoms with Crippen molar-refractivity contribution in [2.45, 2.75) is 19.0 Å². The maximum Gasteiger partial charge on any atom is 0.399 e. The van der Waals surface area contributed by atoms with Crippen molar-refractivity contribution in [3.63, 3.8) is 0 Å². The molecule has 0 aliphatic heterocycles. The molecule has 1 unspecified atom stereocenters. The van der Waals surface area contributed by atoms with E-state index in [0.717, 1.165) is 18.2 Å². The molecule has 0 fully saturated rings. The molecule has 2 aromatic rings. The first-order valence-electron chi connectivity index (χ1n) is 8.16. The lowest BCUT2D eigenvalue weighted by Crippen LogP contribution is -2.40. The molecular weight excluding hydrogens is 531 g/mol. The molecular formula is C19H13BrCl3F3N2O2. The van der Waals surface area contributed by atoms with Gasteiger partial charge in [-0.1, -0.05) is 53.0 Å². The summed E-state index contributed by atoms with van der Waals surface area (Å²) in [5, 5.41) is -0.192. The fraction of sp³-hybridized carbons (Fsp3) is 0.158. The van der Waals surface area contributed by atoms with Crippen LogP contribution in [-0.2, 0) is 4.79 Å². The zero-order chi connectivity index (χ0) is 22.6. The Morgan fingerprint density at radius 3 is 2.17 bits per heavy atom. The van der Waals surface area contributed by atoms with Gasteiger partial charge in [-0.05, 0) is 51.3 Å². The van der Waals surface area contributed by atoms with Gasteiger partial charge in [-0.25, -0.2) is 0 Å². The molecule has 1 atom stereocenters. The summed E-state index contributed by atoms with van der Waals surface area (Å²) >= 11 is 20.7. The van der Waals surface area contributed by atoms with E-state index < -0.39 is 23.9 Å². The highest BCUT2D eigenvalue weighted by Crippen LogP contribution is 2.41. The largest absolute Gasteiger partial charge is 0.399 e. The summed E-state index contributed by atoms with van der Waals surface area (Å²) in [6, 6.07) is 6.56. The van der Waals surface area contributed by atoms with Crippen LogP contribution < -0.4 is 10.9 Å². The molecule has 4 nitrogen and oxygen atoms in total. The van der Waals surface area contributed by atoms with Crippen LogP contribution in [-0.4, -0.2) is 18.0 Å². The molecule has 0 heterocycles. The Morgan fingerprint density at radius 1 is 1.07 bits per heavy atom. The van der Waals surface area contributed by atoms with Crippen LogP contribution in [0.1, 0.15) is 34.3 Å². The lowest BCUT2D eigenvalue weighted by atomic mass is 9.97. The van der Waals surface area contributed by atoms with E-state index in [4.69, 9.17) is 34.8 Å². The van der Waals surface area contributed by atoms with Gasteiger partial charge in [0, 0.05) is 11.4 Å². The van der Waals surface area contributed by atoms with Crippen molar-refractivity contribution in [3.8, 4) is 0 Å². The molecule has 2 amide bonds. The lowest BCUT2D eigenvalue weighted by molar-refractivity contribution is -0.139. The second kappa shape index (κ2) is 10.0. The molecule has 11 heteroatoms. The monoisotopic (exact) mass is 542 g/mol. The van der Waals surface area contributed by atoms with Crippen molar-refractivity contribution < 1.29 is 22.8 Å². The van der Waals surface area contributed by atoms with Crippen LogP contribution in [0.3, 0.4) is 0 Å². The van der Waals surface area contributed by atoms with Gasteiger partial charge in [-0.2, -0.15) is 13.2 Å². The smallest absolute Gasteiger partial charge is 0.274 e. The predicted octanol–water partition coefficient (Wildman–Crippen LogP) is 6.55. The summed E-state index contributed by atoms with van der Waals surface area (Å²) < 4.78 is 41.1. The van der Waals surface area contributed by atoms with Crippen molar-refractivity contribution >= 4 is 68.6 Å². The molecule has 2 aromatic carbocycles. The second-order valence-corrected chi connectivity index (χ2v) is 8.10. The van der Waals surface area contributed by atoms with Crippen molar-refractivity contribution in [2.24, 2.45) is 0 Å². The standard InChI is InChI=1S/C19H13BrCl3F3N2O2/c1-9(29)27-28-18(30)12-4-2-10(6-14(12)20)3-5-13(19(24,25)26)11-7-15(21)17(23)16(22)8-11/h2-8,13H,1H3,(H,27,29)(H,28,30)/b5-3+. The number of amides is 2. The Morgan fingerprint density at radius 2 is 1.67 bits per heavy atom. The average Bonchev–Trinajstić information content (AvgIpc) is 2.63. The number of carbonyl (C=O) groups excluding carboxylic acids is 2. The third-order valence-electron chi connectivity index (χ3n) is 3.79. The van der Waals surface area contributed by atoms with Gasteiger partial charge < -0.3 is 0 Å². The summed E-state index contributed by atoms with van der Waals surface area (Å²) in [4.78, 5) is 22.9. The Kier molecular flexibility index (Phi) is 8.21. The lowest BCUT2D eigenvalue weighted by Gasteiger charge is -2.18. The molecule has 160 valence electrons. The number of hydrogen-bond donors (Lipinski definition) is 2. The quantitative estimate of drug-likeness (QED) is 0.339.